The van der Waals surface area contributed by atoms with Crippen molar-refractivity contribution in [3.05, 3.63) is 35.4 Å². The molecule has 4 heteroatoms. The summed E-state index contributed by atoms with van der Waals surface area (Å²) in [6, 6.07) is 6.01. The maximum absolute atomic E-state index is 12.1. The van der Waals surface area contributed by atoms with Crippen LogP contribution in [0.5, 0.6) is 0 Å². The average Bonchev–Trinajstić information content (AvgIpc) is 2.34. The summed E-state index contributed by atoms with van der Waals surface area (Å²) in [5, 5.41) is 8.80. The van der Waals surface area contributed by atoms with Gasteiger partial charge in [-0.2, -0.15) is 0 Å². The highest BCUT2D eigenvalue weighted by Crippen LogP contribution is 2.19. The minimum absolute atomic E-state index is 0.0822. The van der Waals surface area contributed by atoms with Crippen molar-refractivity contribution in [2.75, 3.05) is 13.6 Å². The zero-order valence-corrected chi connectivity index (χ0v) is 11.9. The van der Waals surface area contributed by atoms with Crippen molar-refractivity contribution in [2.45, 2.75) is 27.2 Å². The lowest BCUT2D eigenvalue weighted by atomic mass is 9.92. The molecule has 4 nitrogen and oxygen atoms in total. The molecular weight excluding hydrogens is 242 g/mol. The number of carboxylic acids is 1. The van der Waals surface area contributed by atoms with Crippen molar-refractivity contribution in [3.8, 4) is 0 Å². The summed E-state index contributed by atoms with van der Waals surface area (Å²) in [5.74, 6) is -1.07. The van der Waals surface area contributed by atoms with Gasteiger partial charge in [-0.25, -0.2) is 4.79 Å². The van der Waals surface area contributed by atoms with Crippen LogP contribution in [-0.2, 0) is 0 Å². The van der Waals surface area contributed by atoms with E-state index in [-0.39, 0.29) is 16.9 Å². The predicted octanol–water partition coefficient (Wildman–Crippen LogP) is 2.89. The Morgan fingerprint density at radius 2 is 1.58 bits per heavy atom. The van der Waals surface area contributed by atoms with E-state index in [0.717, 1.165) is 6.42 Å². The molecule has 0 radical (unpaired) electrons. The van der Waals surface area contributed by atoms with Crippen molar-refractivity contribution in [1.29, 1.82) is 0 Å². The van der Waals surface area contributed by atoms with Crippen LogP contribution in [-0.4, -0.2) is 35.5 Å². The summed E-state index contributed by atoms with van der Waals surface area (Å²) in [4.78, 5) is 24.5. The van der Waals surface area contributed by atoms with Crippen molar-refractivity contribution in [2.24, 2.45) is 5.41 Å². The Morgan fingerprint density at radius 1 is 1.11 bits per heavy atom. The van der Waals surface area contributed by atoms with Gasteiger partial charge in [-0.3, -0.25) is 4.79 Å². The average molecular weight is 263 g/mol. The Hall–Kier alpha value is -1.84. The third kappa shape index (κ3) is 4.73. The molecule has 1 N–H and O–H groups in total. The van der Waals surface area contributed by atoms with Crippen molar-refractivity contribution in [3.63, 3.8) is 0 Å². The number of carboxylic acid groups (broad SMARTS) is 1. The van der Waals surface area contributed by atoms with Crippen LogP contribution >= 0.6 is 0 Å². The first-order valence-corrected chi connectivity index (χ1v) is 6.29. The van der Waals surface area contributed by atoms with E-state index in [4.69, 9.17) is 5.11 Å². The zero-order valence-electron chi connectivity index (χ0n) is 11.9. The van der Waals surface area contributed by atoms with Crippen molar-refractivity contribution < 1.29 is 14.7 Å². The summed E-state index contributed by atoms with van der Waals surface area (Å²) in [6.45, 7) is 7.08. The topological polar surface area (TPSA) is 57.6 Å². The second-order valence-electron chi connectivity index (χ2n) is 5.92. The number of carbonyl (C=O) groups excluding carboxylic acids is 1. The fraction of sp³-hybridized carbons (Fsp3) is 0.467. The lowest BCUT2D eigenvalue weighted by molar-refractivity contribution is 0.0694. The van der Waals surface area contributed by atoms with Gasteiger partial charge >= 0.3 is 5.97 Å². The number of amides is 1. The third-order valence-electron chi connectivity index (χ3n) is 2.92. The fourth-order valence-corrected chi connectivity index (χ4v) is 1.58. The molecule has 1 aromatic carbocycles. The Labute approximate surface area is 114 Å². The first-order valence-electron chi connectivity index (χ1n) is 6.29. The van der Waals surface area contributed by atoms with Crippen LogP contribution < -0.4 is 0 Å². The molecule has 104 valence electrons. The second-order valence-corrected chi connectivity index (χ2v) is 5.92. The molecule has 1 aromatic rings. The molecule has 0 aliphatic carbocycles. The molecule has 0 aliphatic heterocycles. The molecule has 0 bridgehead atoms. The third-order valence-corrected chi connectivity index (χ3v) is 2.92. The Balaban J connectivity index is 2.69. The Bertz CT molecular complexity index is 457. The molecule has 0 saturated heterocycles. The number of hydrogen-bond donors (Lipinski definition) is 1. The second kappa shape index (κ2) is 5.87. The number of nitrogens with zero attached hydrogens (tertiary/aromatic N) is 1. The van der Waals surface area contributed by atoms with Crippen LogP contribution in [0.4, 0.5) is 0 Å². The number of aromatic carboxylic acids is 1. The first-order chi connectivity index (χ1) is 8.70. The van der Waals surface area contributed by atoms with Gasteiger partial charge in [0.05, 0.1) is 5.56 Å². The molecule has 1 amide bonds. The number of hydrogen-bond acceptors (Lipinski definition) is 2. The number of benzene rings is 1. The van der Waals surface area contributed by atoms with Gasteiger partial charge in [0.2, 0.25) is 0 Å². The van der Waals surface area contributed by atoms with E-state index in [1.165, 1.54) is 12.1 Å². The summed E-state index contributed by atoms with van der Waals surface area (Å²) < 4.78 is 0. The standard InChI is InChI=1S/C15H21NO3/c1-15(2,3)9-10-16(4)13(17)11-5-7-12(8-6-11)14(18)19/h5-8H,9-10H2,1-4H3,(H,18,19). The molecule has 19 heavy (non-hydrogen) atoms. The van der Waals surface area contributed by atoms with Crippen LogP contribution in [0, 0.1) is 5.41 Å². The smallest absolute Gasteiger partial charge is 0.335 e. The minimum Gasteiger partial charge on any atom is -0.478 e. The van der Waals surface area contributed by atoms with Gasteiger partial charge in [0.25, 0.3) is 5.91 Å². The lowest BCUT2D eigenvalue weighted by Gasteiger charge is -2.23. The highest BCUT2D eigenvalue weighted by Gasteiger charge is 2.16. The Kier molecular flexibility index (Phi) is 4.70. The van der Waals surface area contributed by atoms with Gasteiger partial charge in [-0.05, 0) is 36.1 Å². The van der Waals surface area contributed by atoms with Crippen LogP contribution in [0.1, 0.15) is 47.9 Å². The fourth-order valence-electron chi connectivity index (χ4n) is 1.58. The minimum atomic E-state index is -0.986. The van der Waals surface area contributed by atoms with E-state index < -0.39 is 5.97 Å². The Morgan fingerprint density at radius 3 is 2.00 bits per heavy atom. The van der Waals surface area contributed by atoms with Gasteiger partial charge in [0.1, 0.15) is 0 Å². The SMILES string of the molecule is CN(CCC(C)(C)C)C(=O)c1ccc(C(=O)O)cc1. The lowest BCUT2D eigenvalue weighted by Crippen LogP contribution is -2.30. The van der Waals surface area contributed by atoms with Crippen LogP contribution in [0.25, 0.3) is 0 Å². The highest BCUT2D eigenvalue weighted by molar-refractivity contribution is 5.95. The summed E-state index contributed by atoms with van der Waals surface area (Å²) in [5.41, 5.74) is 0.886. The molecule has 0 fully saturated rings. The molecule has 0 heterocycles. The number of rotatable bonds is 4. The summed E-state index contributed by atoms with van der Waals surface area (Å²) in [7, 11) is 1.76. The normalized spacial score (nSPS) is 11.2. The van der Waals surface area contributed by atoms with Crippen molar-refractivity contribution in [1.82, 2.24) is 4.90 Å². The maximum Gasteiger partial charge on any atom is 0.335 e. The number of carbonyl (C=O) groups is 2. The van der Waals surface area contributed by atoms with Gasteiger partial charge in [-0.15, -0.1) is 0 Å². The van der Waals surface area contributed by atoms with E-state index >= 15 is 0 Å². The van der Waals surface area contributed by atoms with E-state index in [1.807, 2.05) is 0 Å². The molecule has 0 aliphatic rings. The first kappa shape index (κ1) is 15.2. The highest BCUT2D eigenvalue weighted by atomic mass is 16.4. The van der Waals surface area contributed by atoms with Gasteiger partial charge in [0, 0.05) is 19.2 Å². The predicted molar refractivity (Wildman–Crippen MR) is 74.4 cm³/mol. The summed E-state index contributed by atoms with van der Waals surface area (Å²) in [6.07, 6.45) is 0.919. The van der Waals surface area contributed by atoms with E-state index in [2.05, 4.69) is 20.8 Å². The molecule has 0 aromatic heterocycles. The van der Waals surface area contributed by atoms with E-state index in [1.54, 1.807) is 24.1 Å². The maximum atomic E-state index is 12.1. The van der Waals surface area contributed by atoms with Crippen LogP contribution in [0.2, 0.25) is 0 Å². The quantitative estimate of drug-likeness (QED) is 0.908. The zero-order chi connectivity index (χ0) is 14.6. The van der Waals surface area contributed by atoms with Gasteiger partial charge in [0.15, 0.2) is 0 Å². The van der Waals surface area contributed by atoms with Gasteiger partial charge < -0.3 is 10.0 Å². The molecule has 0 atom stereocenters. The molecule has 0 unspecified atom stereocenters. The molecule has 0 spiro atoms. The van der Waals surface area contributed by atoms with Crippen LogP contribution in [0.15, 0.2) is 24.3 Å². The molecular formula is C15H21NO3. The van der Waals surface area contributed by atoms with Crippen LogP contribution in [0.3, 0.4) is 0 Å². The van der Waals surface area contributed by atoms with E-state index in [9.17, 15) is 9.59 Å². The monoisotopic (exact) mass is 263 g/mol. The van der Waals surface area contributed by atoms with Gasteiger partial charge in [-0.1, -0.05) is 20.8 Å². The molecule has 0 saturated carbocycles. The van der Waals surface area contributed by atoms with E-state index in [0.29, 0.717) is 12.1 Å². The van der Waals surface area contributed by atoms with Crippen molar-refractivity contribution >= 4 is 11.9 Å². The molecule has 1 rings (SSSR count). The largest absolute Gasteiger partial charge is 0.478 e. The summed E-state index contributed by atoms with van der Waals surface area (Å²) >= 11 is 0.